The van der Waals surface area contributed by atoms with Crippen molar-refractivity contribution in [2.45, 2.75) is 68.2 Å². The Morgan fingerprint density at radius 3 is 2.82 bits per heavy atom. The highest BCUT2D eigenvalue weighted by molar-refractivity contribution is 7.98. The molecule has 2 N–H and O–H groups in total. The lowest BCUT2D eigenvalue weighted by atomic mass is 9.73. The van der Waals surface area contributed by atoms with E-state index in [-0.39, 0.29) is 23.8 Å². The van der Waals surface area contributed by atoms with Crippen molar-refractivity contribution in [3.8, 4) is 0 Å². The van der Waals surface area contributed by atoms with Gasteiger partial charge in [-0.25, -0.2) is 0 Å². The average Bonchev–Trinajstić information content (AvgIpc) is 3.54. The van der Waals surface area contributed by atoms with Crippen LogP contribution in [0, 0.1) is 23.7 Å². The first-order valence-electron chi connectivity index (χ1n) is 13.7. The van der Waals surface area contributed by atoms with E-state index in [0.29, 0.717) is 37.1 Å². The summed E-state index contributed by atoms with van der Waals surface area (Å²) in [5.74, 6) is -1.22. The molecule has 2 bridgehead atoms. The minimum Gasteiger partial charge on any atom is -0.385 e. The summed E-state index contributed by atoms with van der Waals surface area (Å²) in [4.78, 5) is 44.2. The molecule has 8 nitrogen and oxygen atoms in total. The number of nitrogens with one attached hydrogen (secondary N) is 2. The van der Waals surface area contributed by atoms with Crippen LogP contribution in [-0.4, -0.2) is 72.9 Å². The first-order valence-corrected chi connectivity index (χ1v) is 14.9. The molecular formula is C29H39N3O5S. The molecule has 8 atom stereocenters. The van der Waals surface area contributed by atoms with Crippen LogP contribution in [0.15, 0.2) is 41.3 Å². The first-order chi connectivity index (χ1) is 18.3. The molecule has 2 saturated heterocycles. The van der Waals surface area contributed by atoms with E-state index in [9.17, 15) is 14.4 Å². The number of carbonyl (C=O) groups excluding carboxylic acids is 3. The van der Waals surface area contributed by atoms with Gasteiger partial charge in [-0.3, -0.25) is 14.4 Å². The van der Waals surface area contributed by atoms with Gasteiger partial charge in [0.15, 0.2) is 0 Å². The minimum atomic E-state index is -1.15. The van der Waals surface area contributed by atoms with Gasteiger partial charge in [-0.05, 0) is 49.1 Å². The van der Waals surface area contributed by atoms with Crippen molar-refractivity contribution < 1.29 is 23.9 Å². The Hall–Kier alpha value is -2.36. The predicted octanol–water partition coefficient (Wildman–Crippen LogP) is 3.48. The summed E-state index contributed by atoms with van der Waals surface area (Å²) in [6.45, 7) is 5.26. The van der Waals surface area contributed by atoms with Gasteiger partial charge in [0, 0.05) is 36.9 Å². The fourth-order valence-electron chi connectivity index (χ4n) is 6.86. The maximum Gasteiger partial charge on any atom is 0.246 e. The average molecular weight is 542 g/mol. The number of likely N-dealkylation sites (tertiary alicyclic amines) is 1. The molecule has 5 rings (SSSR count). The molecular weight excluding hydrogens is 502 g/mol. The summed E-state index contributed by atoms with van der Waals surface area (Å²) in [5.41, 5.74) is -0.467. The van der Waals surface area contributed by atoms with Gasteiger partial charge in [0.2, 0.25) is 17.7 Å². The number of thioether (sulfide) groups is 1. The molecule has 1 aliphatic carbocycles. The highest BCUT2D eigenvalue weighted by Gasteiger charge is 2.72. The molecule has 0 radical (unpaired) electrons. The topological polar surface area (TPSA) is 97.0 Å². The fourth-order valence-corrected chi connectivity index (χ4v) is 7.32. The van der Waals surface area contributed by atoms with Gasteiger partial charge in [0.1, 0.15) is 11.6 Å². The van der Waals surface area contributed by atoms with Crippen molar-refractivity contribution in [3.05, 3.63) is 36.4 Å². The van der Waals surface area contributed by atoms with Gasteiger partial charge < -0.3 is 25.0 Å². The molecule has 1 spiro atoms. The number of methoxy groups -OCH3 is 1. The second kappa shape index (κ2) is 11.0. The van der Waals surface area contributed by atoms with Crippen LogP contribution in [0.2, 0.25) is 0 Å². The molecule has 1 aromatic rings. The molecule has 1 saturated carbocycles. The third-order valence-electron chi connectivity index (χ3n) is 9.04. The van der Waals surface area contributed by atoms with Gasteiger partial charge in [-0.15, -0.1) is 11.8 Å². The number of hydrogen-bond acceptors (Lipinski definition) is 6. The van der Waals surface area contributed by atoms with E-state index in [2.05, 4.69) is 24.5 Å². The Labute approximate surface area is 229 Å². The maximum atomic E-state index is 14.0. The quantitative estimate of drug-likeness (QED) is 0.282. The molecule has 1 aromatic carbocycles. The second-order valence-corrected chi connectivity index (χ2v) is 12.1. The fraction of sp³-hybridized carbons (Fsp3) is 0.621. The maximum absolute atomic E-state index is 14.0. The lowest BCUT2D eigenvalue weighted by molar-refractivity contribution is -0.141. The van der Waals surface area contributed by atoms with Gasteiger partial charge in [0.05, 0.1) is 17.9 Å². The van der Waals surface area contributed by atoms with Crippen molar-refractivity contribution in [1.29, 1.82) is 0 Å². The lowest BCUT2D eigenvalue weighted by Crippen LogP contribution is -2.58. The highest BCUT2D eigenvalue weighted by Crippen LogP contribution is 2.55. The van der Waals surface area contributed by atoms with Crippen LogP contribution in [0.25, 0.3) is 0 Å². The number of nitrogens with zero attached hydrogens (tertiary/aromatic N) is 1. The van der Waals surface area contributed by atoms with E-state index < -0.39 is 29.6 Å². The Morgan fingerprint density at radius 2 is 2.05 bits per heavy atom. The normalized spacial score (nSPS) is 35.4. The van der Waals surface area contributed by atoms with Gasteiger partial charge in [0.25, 0.3) is 0 Å². The van der Waals surface area contributed by atoms with Gasteiger partial charge in [-0.1, -0.05) is 44.9 Å². The smallest absolute Gasteiger partial charge is 0.246 e. The van der Waals surface area contributed by atoms with E-state index in [0.717, 1.165) is 24.2 Å². The van der Waals surface area contributed by atoms with Crippen LogP contribution >= 0.6 is 11.8 Å². The summed E-state index contributed by atoms with van der Waals surface area (Å²) >= 11 is 1.59. The van der Waals surface area contributed by atoms with E-state index in [1.807, 2.05) is 42.7 Å². The Morgan fingerprint density at radius 1 is 1.24 bits per heavy atom. The largest absolute Gasteiger partial charge is 0.385 e. The molecule has 0 aromatic heterocycles. The Kier molecular flexibility index (Phi) is 7.89. The van der Waals surface area contributed by atoms with Crippen LogP contribution in [-0.2, 0) is 23.9 Å². The monoisotopic (exact) mass is 541 g/mol. The molecule has 3 amide bonds. The second-order valence-electron chi connectivity index (χ2n) is 11.2. The van der Waals surface area contributed by atoms with Crippen LogP contribution in [0.4, 0.5) is 5.69 Å². The molecule has 3 fully saturated rings. The van der Waals surface area contributed by atoms with Crippen LogP contribution in [0.3, 0.4) is 0 Å². The number of benzene rings is 1. The molecule has 206 valence electrons. The van der Waals surface area contributed by atoms with E-state index in [1.165, 1.54) is 0 Å². The summed E-state index contributed by atoms with van der Waals surface area (Å²) in [7, 11) is 1.62. The summed E-state index contributed by atoms with van der Waals surface area (Å²) in [6, 6.07) is 6.87. The molecule has 3 aliphatic heterocycles. The molecule has 9 heteroatoms. The van der Waals surface area contributed by atoms with Crippen LogP contribution in [0.1, 0.15) is 39.5 Å². The standard InChI is InChI=1S/C29H39N3O5S/c1-17-8-5-11-21(18(17)2)31-27(34)25-29-13-12-22(37-29)23(24(29)28(35)32(25)14-7-15-36-3)26(33)30-19-9-6-10-20(16-19)38-4/h6,9-10,12-13,16-18,21-25H,5,7-8,11,14-15H2,1-4H3,(H,30,33)(H,31,34)/t17?,18?,21?,22-,23?,24-,25?,29?/m0/s1. The lowest BCUT2D eigenvalue weighted by Gasteiger charge is -2.38. The molecule has 6 unspecified atom stereocenters. The third-order valence-corrected chi connectivity index (χ3v) is 9.77. The van der Waals surface area contributed by atoms with Crippen molar-refractivity contribution in [2.24, 2.45) is 23.7 Å². The highest BCUT2D eigenvalue weighted by atomic mass is 32.2. The number of ether oxygens (including phenoxy) is 2. The Balaban J connectivity index is 1.42. The van der Waals surface area contributed by atoms with Crippen LogP contribution in [0.5, 0.6) is 0 Å². The summed E-state index contributed by atoms with van der Waals surface area (Å²) in [6.07, 6.45) is 8.92. The summed E-state index contributed by atoms with van der Waals surface area (Å²) in [5, 5.41) is 6.29. The number of hydrogen-bond donors (Lipinski definition) is 2. The molecule has 3 heterocycles. The molecule has 38 heavy (non-hydrogen) atoms. The Bertz CT molecular complexity index is 1110. The first kappa shape index (κ1) is 27.2. The van der Waals surface area contributed by atoms with E-state index >= 15 is 0 Å². The number of rotatable bonds is 9. The number of fused-ring (bicyclic) bond motifs is 1. The number of carbonyl (C=O) groups is 3. The minimum absolute atomic E-state index is 0.0583. The van der Waals surface area contributed by atoms with Crippen molar-refractivity contribution in [3.63, 3.8) is 0 Å². The predicted molar refractivity (Wildman–Crippen MR) is 147 cm³/mol. The van der Waals surface area contributed by atoms with Gasteiger partial charge >= 0.3 is 0 Å². The van der Waals surface area contributed by atoms with Crippen molar-refractivity contribution >= 4 is 35.2 Å². The molecule has 4 aliphatic rings. The number of amides is 3. The van der Waals surface area contributed by atoms with Crippen LogP contribution < -0.4 is 10.6 Å². The zero-order valence-electron chi connectivity index (χ0n) is 22.6. The van der Waals surface area contributed by atoms with Crippen molar-refractivity contribution in [2.75, 3.05) is 31.8 Å². The summed E-state index contributed by atoms with van der Waals surface area (Å²) < 4.78 is 11.7. The van der Waals surface area contributed by atoms with Gasteiger partial charge in [-0.2, -0.15) is 0 Å². The van der Waals surface area contributed by atoms with E-state index in [1.54, 1.807) is 23.8 Å². The third kappa shape index (κ3) is 4.67. The zero-order valence-corrected chi connectivity index (χ0v) is 23.5. The number of anilines is 1. The zero-order chi connectivity index (χ0) is 27.0. The van der Waals surface area contributed by atoms with Crippen molar-refractivity contribution in [1.82, 2.24) is 10.2 Å². The SMILES string of the molecule is COCCCN1C(=O)[C@@H]2C(C(=O)Nc3cccc(SC)c3)[C@@H]3C=CC2(O3)C1C(=O)NC1CCCC(C)C1C. The van der Waals surface area contributed by atoms with E-state index in [4.69, 9.17) is 9.47 Å².